The van der Waals surface area contributed by atoms with Crippen LogP contribution in [0.3, 0.4) is 0 Å². The molecule has 1 saturated carbocycles. The quantitative estimate of drug-likeness (QED) is 0.723. The Morgan fingerprint density at radius 2 is 1.81 bits per heavy atom. The van der Waals surface area contributed by atoms with E-state index in [9.17, 15) is 9.59 Å². The molecular formula is C26H31N3O2. The van der Waals surface area contributed by atoms with E-state index in [0.29, 0.717) is 31.3 Å². The second-order valence-electron chi connectivity index (χ2n) is 9.21. The zero-order valence-electron chi connectivity index (χ0n) is 18.0. The Morgan fingerprint density at radius 1 is 1.00 bits per heavy atom. The number of fused-ring (bicyclic) bond motifs is 3. The molecule has 0 radical (unpaired) electrons. The summed E-state index contributed by atoms with van der Waals surface area (Å²) in [6.07, 6.45) is 4.88. The molecule has 5 nitrogen and oxygen atoms in total. The van der Waals surface area contributed by atoms with E-state index in [-0.39, 0.29) is 11.9 Å². The highest BCUT2D eigenvalue weighted by Crippen LogP contribution is 2.59. The third-order valence-corrected chi connectivity index (χ3v) is 7.26. The fraction of sp³-hybridized carbons (Fsp3) is 0.462. The van der Waals surface area contributed by atoms with E-state index in [1.54, 1.807) is 0 Å². The van der Waals surface area contributed by atoms with Crippen molar-refractivity contribution in [1.29, 1.82) is 0 Å². The van der Waals surface area contributed by atoms with Crippen molar-refractivity contribution >= 4 is 11.9 Å². The normalized spacial score (nSPS) is 23.8. The molecule has 0 aromatic heterocycles. The second kappa shape index (κ2) is 8.74. The summed E-state index contributed by atoms with van der Waals surface area (Å²) in [5.41, 5.74) is 5.36. The van der Waals surface area contributed by atoms with Gasteiger partial charge in [0.05, 0.1) is 0 Å². The Balaban J connectivity index is 1.02. The van der Waals surface area contributed by atoms with Gasteiger partial charge in [-0.2, -0.15) is 0 Å². The van der Waals surface area contributed by atoms with E-state index in [4.69, 9.17) is 0 Å². The first-order chi connectivity index (χ1) is 15.2. The Morgan fingerprint density at radius 3 is 2.61 bits per heavy atom. The minimum Gasteiger partial charge on any atom is -0.338 e. The third kappa shape index (κ3) is 4.46. The van der Waals surface area contributed by atoms with Crippen LogP contribution in [-0.4, -0.2) is 36.5 Å². The first kappa shape index (κ1) is 20.1. The lowest BCUT2D eigenvalue weighted by Crippen LogP contribution is -2.37. The van der Waals surface area contributed by atoms with Crippen molar-refractivity contribution in [2.24, 2.45) is 11.8 Å². The van der Waals surface area contributed by atoms with Crippen molar-refractivity contribution < 1.29 is 9.59 Å². The minimum atomic E-state index is -0.0684. The maximum absolute atomic E-state index is 12.2. The molecule has 0 bridgehead atoms. The molecule has 1 saturated heterocycles. The number of hydrogen-bond acceptors (Lipinski definition) is 2. The molecule has 2 aromatic rings. The average Bonchev–Trinajstić information content (AvgIpc) is 3.38. The van der Waals surface area contributed by atoms with Gasteiger partial charge in [0.1, 0.15) is 0 Å². The standard InChI is InChI=1S/C26H31N3O2/c30-24-6-3-15-29(24)17-19-9-7-18(8-10-19)13-14-27-26(31)28-16-23-22-12-11-20-4-1-2-5-21(20)25(22)23/h1-2,4-5,7-10,22-23,25H,3,6,11-17H2,(H2,27,28,31). The van der Waals surface area contributed by atoms with Crippen molar-refractivity contribution in [3.05, 3.63) is 70.8 Å². The second-order valence-corrected chi connectivity index (χ2v) is 9.21. The number of rotatable bonds is 7. The van der Waals surface area contributed by atoms with Gasteiger partial charge >= 0.3 is 6.03 Å². The number of amides is 3. The van der Waals surface area contributed by atoms with Gasteiger partial charge in [-0.1, -0.05) is 48.5 Å². The maximum Gasteiger partial charge on any atom is 0.314 e. The van der Waals surface area contributed by atoms with Crippen LogP contribution in [0.15, 0.2) is 48.5 Å². The summed E-state index contributed by atoms with van der Waals surface area (Å²) >= 11 is 0. The van der Waals surface area contributed by atoms with E-state index < -0.39 is 0 Å². The number of urea groups is 1. The number of nitrogens with zero attached hydrogens (tertiary/aromatic N) is 1. The highest BCUT2D eigenvalue weighted by atomic mass is 16.2. The van der Waals surface area contributed by atoms with Crippen LogP contribution < -0.4 is 10.6 Å². The van der Waals surface area contributed by atoms with E-state index in [0.717, 1.165) is 37.4 Å². The van der Waals surface area contributed by atoms with Crippen LogP contribution >= 0.6 is 0 Å². The average molecular weight is 418 g/mol. The SMILES string of the molecule is O=C(NCCc1ccc(CN2CCCC2=O)cc1)NCC1C2CCc3ccccc3C21. The minimum absolute atomic E-state index is 0.0684. The van der Waals surface area contributed by atoms with Crippen molar-refractivity contribution in [2.75, 3.05) is 19.6 Å². The van der Waals surface area contributed by atoms with Gasteiger partial charge in [0.2, 0.25) is 5.91 Å². The molecule has 5 heteroatoms. The zero-order valence-corrected chi connectivity index (χ0v) is 18.0. The van der Waals surface area contributed by atoms with Gasteiger partial charge in [0.25, 0.3) is 0 Å². The van der Waals surface area contributed by atoms with Crippen LogP contribution in [0.1, 0.15) is 47.4 Å². The monoisotopic (exact) mass is 417 g/mol. The van der Waals surface area contributed by atoms with Gasteiger partial charge in [-0.25, -0.2) is 4.79 Å². The molecule has 162 valence electrons. The topological polar surface area (TPSA) is 61.4 Å². The molecule has 1 aliphatic heterocycles. The van der Waals surface area contributed by atoms with Crippen molar-refractivity contribution in [3.8, 4) is 0 Å². The number of hydrogen-bond donors (Lipinski definition) is 2. The van der Waals surface area contributed by atoms with E-state index in [1.807, 2.05) is 4.90 Å². The van der Waals surface area contributed by atoms with Gasteiger partial charge < -0.3 is 15.5 Å². The summed E-state index contributed by atoms with van der Waals surface area (Å²) in [7, 11) is 0. The molecule has 3 aliphatic rings. The molecule has 2 fully saturated rings. The molecule has 3 atom stereocenters. The van der Waals surface area contributed by atoms with Crippen LogP contribution in [0.5, 0.6) is 0 Å². The van der Waals surface area contributed by atoms with Gasteiger partial charge in [0.15, 0.2) is 0 Å². The first-order valence-electron chi connectivity index (χ1n) is 11.6. The highest BCUT2D eigenvalue weighted by molar-refractivity contribution is 5.78. The largest absolute Gasteiger partial charge is 0.338 e. The molecule has 0 spiro atoms. The first-order valence-corrected chi connectivity index (χ1v) is 11.6. The lowest BCUT2D eigenvalue weighted by Gasteiger charge is -2.15. The van der Waals surface area contributed by atoms with E-state index in [1.165, 1.54) is 29.5 Å². The van der Waals surface area contributed by atoms with Crippen LogP contribution in [0, 0.1) is 11.8 Å². The fourth-order valence-electron chi connectivity index (χ4n) is 5.48. The molecule has 5 rings (SSSR count). The Bertz CT molecular complexity index is 955. The molecular weight excluding hydrogens is 386 g/mol. The van der Waals surface area contributed by atoms with Crippen molar-refractivity contribution in [2.45, 2.75) is 44.6 Å². The molecule has 2 aromatic carbocycles. The number of aryl methyl sites for hydroxylation is 1. The molecule has 1 heterocycles. The maximum atomic E-state index is 12.2. The number of likely N-dealkylation sites (tertiary alicyclic amines) is 1. The summed E-state index contributed by atoms with van der Waals surface area (Å²) in [5, 5.41) is 6.08. The zero-order chi connectivity index (χ0) is 21.2. The third-order valence-electron chi connectivity index (χ3n) is 7.26. The highest BCUT2D eigenvalue weighted by Gasteiger charge is 2.52. The molecule has 2 N–H and O–H groups in total. The van der Waals surface area contributed by atoms with Crippen LogP contribution in [0.4, 0.5) is 4.79 Å². The lowest BCUT2D eigenvalue weighted by molar-refractivity contribution is -0.128. The predicted molar refractivity (Wildman–Crippen MR) is 121 cm³/mol. The summed E-state index contributed by atoms with van der Waals surface area (Å²) in [6, 6.07) is 17.1. The van der Waals surface area contributed by atoms with Crippen LogP contribution in [0.25, 0.3) is 0 Å². The van der Waals surface area contributed by atoms with Crippen molar-refractivity contribution in [3.63, 3.8) is 0 Å². The van der Waals surface area contributed by atoms with Gasteiger partial charge in [-0.3, -0.25) is 4.79 Å². The summed E-state index contributed by atoms with van der Waals surface area (Å²) in [5.74, 6) is 2.22. The Kier molecular flexibility index (Phi) is 5.66. The van der Waals surface area contributed by atoms with Gasteiger partial charge in [-0.05, 0) is 65.7 Å². The van der Waals surface area contributed by atoms with Gasteiger partial charge in [-0.15, -0.1) is 0 Å². The number of benzene rings is 2. The summed E-state index contributed by atoms with van der Waals surface area (Å²) < 4.78 is 0. The smallest absolute Gasteiger partial charge is 0.314 e. The Labute approximate surface area is 184 Å². The van der Waals surface area contributed by atoms with E-state index in [2.05, 4.69) is 59.2 Å². The summed E-state index contributed by atoms with van der Waals surface area (Å²) in [4.78, 5) is 25.9. The molecule has 3 unspecified atom stereocenters. The van der Waals surface area contributed by atoms with E-state index >= 15 is 0 Å². The number of nitrogens with one attached hydrogen (secondary N) is 2. The number of carbonyl (C=O) groups is 2. The lowest BCUT2D eigenvalue weighted by atomic mass is 9.92. The molecule has 2 aliphatic carbocycles. The predicted octanol–water partition coefficient (Wildman–Crippen LogP) is 3.63. The van der Waals surface area contributed by atoms with Crippen molar-refractivity contribution in [1.82, 2.24) is 15.5 Å². The number of carbonyl (C=O) groups excluding carboxylic acids is 2. The molecule has 3 amide bonds. The van der Waals surface area contributed by atoms with Gasteiger partial charge in [0, 0.05) is 32.6 Å². The van der Waals surface area contributed by atoms with Crippen LogP contribution in [-0.2, 0) is 24.2 Å². The van der Waals surface area contributed by atoms with Crippen LogP contribution in [0.2, 0.25) is 0 Å². The Hall–Kier alpha value is -2.82. The molecule has 31 heavy (non-hydrogen) atoms. The summed E-state index contributed by atoms with van der Waals surface area (Å²) in [6.45, 7) is 2.96. The fourth-order valence-corrected chi connectivity index (χ4v) is 5.48.